The largest absolute Gasteiger partial charge is 0.388 e. The Morgan fingerprint density at radius 1 is 1.28 bits per heavy atom. The van der Waals surface area contributed by atoms with Gasteiger partial charge in [0.2, 0.25) is 0 Å². The maximum atomic E-state index is 12.9. The lowest BCUT2D eigenvalue weighted by Crippen LogP contribution is -2.20. The van der Waals surface area contributed by atoms with Gasteiger partial charge in [-0.1, -0.05) is 12.1 Å². The van der Waals surface area contributed by atoms with Crippen molar-refractivity contribution >= 4 is 11.3 Å². The van der Waals surface area contributed by atoms with Crippen LogP contribution in [0, 0.1) is 12.7 Å². The van der Waals surface area contributed by atoms with Crippen molar-refractivity contribution in [1.29, 1.82) is 0 Å². The van der Waals surface area contributed by atoms with Crippen LogP contribution in [0.1, 0.15) is 28.7 Å². The summed E-state index contributed by atoms with van der Waals surface area (Å²) in [6, 6.07) is 6.14. The Balaban J connectivity index is 2.28. The normalized spacial score (nSPS) is 14.4. The molecular weight excluding hydrogens is 249 g/mol. The zero-order valence-corrected chi connectivity index (χ0v) is 11.0. The number of hydrogen-bond donors (Lipinski definition) is 2. The fourth-order valence-electron chi connectivity index (χ4n) is 2.05. The van der Waals surface area contributed by atoms with E-state index in [9.17, 15) is 9.50 Å². The number of thiophene rings is 1. The van der Waals surface area contributed by atoms with Crippen LogP contribution in [0.4, 0.5) is 4.39 Å². The first-order valence-electron chi connectivity index (χ1n) is 5.79. The highest BCUT2D eigenvalue weighted by molar-refractivity contribution is 7.08. The second-order valence-electron chi connectivity index (χ2n) is 4.35. The molecule has 2 aromatic rings. The molecule has 0 aliphatic rings. The number of aliphatic hydroxyl groups is 1. The molecule has 0 saturated carbocycles. The molecule has 3 N–H and O–H groups in total. The number of halogens is 1. The second kappa shape index (κ2) is 5.61. The maximum Gasteiger partial charge on any atom is 0.123 e. The zero-order chi connectivity index (χ0) is 13.1. The number of benzene rings is 1. The van der Waals surface area contributed by atoms with Gasteiger partial charge >= 0.3 is 0 Å². The lowest BCUT2D eigenvalue weighted by molar-refractivity contribution is 0.147. The Kier molecular flexibility index (Phi) is 4.11. The van der Waals surface area contributed by atoms with Gasteiger partial charge in [-0.2, -0.15) is 11.3 Å². The monoisotopic (exact) mass is 265 g/mol. The van der Waals surface area contributed by atoms with E-state index in [0.29, 0.717) is 6.54 Å². The van der Waals surface area contributed by atoms with Gasteiger partial charge in [0.25, 0.3) is 0 Å². The third-order valence-corrected chi connectivity index (χ3v) is 4.03. The molecule has 0 spiro atoms. The minimum atomic E-state index is -0.647. The molecule has 0 amide bonds. The lowest BCUT2D eigenvalue weighted by atomic mass is 9.89. The summed E-state index contributed by atoms with van der Waals surface area (Å²) in [5.74, 6) is -0.491. The maximum absolute atomic E-state index is 12.9. The smallest absolute Gasteiger partial charge is 0.123 e. The quantitative estimate of drug-likeness (QED) is 0.892. The molecule has 96 valence electrons. The topological polar surface area (TPSA) is 46.2 Å². The summed E-state index contributed by atoms with van der Waals surface area (Å²) >= 11 is 1.56. The molecule has 2 rings (SSSR count). The van der Waals surface area contributed by atoms with Crippen LogP contribution >= 0.6 is 11.3 Å². The van der Waals surface area contributed by atoms with Gasteiger partial charge in [0.15, 0.2) is 0 Å². The van der Waals surface area contributed by atoms with Gasteiger partial charge in [-0.25, -0.2) is 4.39 Å². The number of hydrogen-bond acceptors (Lipinski definition) is 3. The highest BCUT2D eigenvalue weighted by atomic mass is 32.1. The highest BCUT2D eigenvalue weighted by Gasteiger charge is 2.23. The molecule has 1 heterocycles. The molecule has 0 aliphatic carbocycles. The van der Waals surface area contributed by atoms with Gasteiger partial charge in [0, 0.05) is 12.5 Å². The fourth-order valence-corrected chi connectivity index (χ4v) is 2.93. The molecule has 1 aromatic carbocycles. The summed E-state index contributed by atoms with van der Waals surface area (Å²) in [5.41, 5.74) is 8.57. The molecule has 0 aliphatic heterocycles. The van der Waals surface area contributed by atoms with Gasteiger partial charge < -0.3 is 10.8 Å². The van der Waals surface area contributed by atoms with Crippen LogP contribution in [-0.4, -0.2) is 11.7 Å². The van der Waals surface area contributed by atoms with E-state index in [1.54, 1.807) is 23.5 Å². The van der Waals surface area contributed by atoms with E-state index in [-0.39, 0.29) is 11.7 Å². The van der Waals surface area contributed by atoms with Gasteiger partial charge in [-0.3, -0.25) is 0 Å². The Labute approximate surface area is 110 Å². The second-order valence-corrected chi connectivity index (χ2v) is 5.09. The van der Waals surface area contributed by atoms with E-state index in [0.717, 1.165) is 16.7 Å². The van der Waals surface area contributed by atoms with Crippen LogP contribution in [0.15, 0.2) is 35.0 Å². The average Bonchev–Trinajstić information content (AvgIpc) is 2.78. The number of aliphatic hydroxyl groups excluding tert-OH is 1. The predicted octanol–water partition coefficient (Wildman–Crippen LogP) is 2.97. The third-order valence-electron chi connectivity index (χ3n) is 3.15. The first-order chi connectivity index (χ1) is 8.63. The Hall–Kier alpha value is -1.23. The van der Waals surface area contributed by atoms with Crippen LogP contribution in [0.3, 0.4) is 0 Å². The number of nitrogens with two attached hydrogens (primary N) is 1. The standard InChI is InChI=1S/C14H16FNOS/c1-9-7-18-8-13(9)14(17)12(6-16)10-2-4-11(15)5-3-10/h2-5,7-8,12,14,17H,6,16H2,1H3. The first-order valence-corrected chi connectivity index (χ1v) is 6.74. The zero-order valence-electron chi connectivity index (χ0n) is 10.1. The van der Waals surface area contributed by atoms with Crippen molar-refractivity contribution in [3.05, 3.63) is 57.5 Å². The number of rotatable bonds is 4. The van der Waals surface area contributed by atoms with Gasteiger partial charge in [0.05, 0.1) is 6.10 Å². The van der Waals surface area contributed by atoms with Crippen LogP contribution < -0.4 is 5.73 Å². The van der Waals surface area contributed by atoms with Crippen molar-refractivity contribution in [2.45, 2.75) is 18.9 Å². The molecule has 2 nitrogen and oxygen atoms in total. The summed E-state index contributed by atoms with van der Waals surface area (Å²) in [6.45, 7) is 2.29. The molecule has 2 atom stereocenters. The average molecular weight is 265 g/mol. The van der Waals surface area contributed by atoms with Crippen LogP contribution in [0.25, 0.3) is 0 Å². The van der Waals surface area contributed by atoms with Crippen LogP contribution in [-0.2, 0) is 0 Å². The molecule has 0 fully saturated rings. The van der Waals surface area contributed by atoms with Gasteiger partial charge in [0.1, 0.15) is 5.82 Å². The minimum Gasteiger partial charge on any atom is -0.388 e. The molecule has 4 heteroatoms. The van der Waals surface area contributed by atoms with E-state index in [1.165, 1.54) is 12.1 Å². The fraction of sp³-hybridized carbons (Fsp3) is 0.286. The van der Waals surface area contributed by atoms with Crippen molar-refractivity contribution in [2.75, 3.05) is 6.54 Å². The van der Waals surface area contributed by atoms with E-state index in [4.69, 9.17) is 5.73 Å². The van der Waals surface area contributed by atoms with Crippen LogP contribution in [0.5, 0.6) is 0 Å². The van der Waals surface area contributed by atoms with E-state index >= 15 is 0 Å². The third kappa shape index (κ3) is 2.61. The van der Waals surface area contributed by atoms with Crippen molar-refractivity contribution in [1.82, 2.24) is 0 Å². The van der Waals surface area contributed by atoms with Crippen molar-refractivity contribution in [3.63, 3.8) is 0 Å². The molecular formula is C14H16FNOS. The minimum absolute atomic E-state index is 0.209. The summed E-state index contributed by atoms with van der Waals surface area (Å²) < 4.78 is 12.9. The molecule has 0 bridgehead atoms. The lowest BCUT2D eigenvalue weighted by Gasteiger charge is -2.22. The molecule has 1 aromatic heterocycles. The van der Waals surface area contributed by atoms with Crippen molar-refractivity contribution < 1.29 is 9.50 Å². The first kappa shape index (κ1) is 13.2. The molecule has 2 unspecified atom stereocenters. The van der Waals surface area contributed by atoms with Crippen molar-refractivity contribution in [2.24, 2.45) is 5.73 Å². The molecule has 18 heavy (non-hydrogen) atoms. The van der Waals surface area contributed by atoms with E-state index < -0.39 is 6.10 Å². The van der Waals surface area contributed by atoms with Gasteiger partial charge in [-0.15, -0.1) is 0 Å². The number of aryl methyl sites for hydroxylation is 1. The van der Waals surface area contributed by atoms with Gasteiger partial charge in [-0.05, 0) is 46.5 Å². The van der Waals surface area contributed by atoms with E-state index in [1.807, 2.05) is 17.7 Å². The summed E-state index contributed by atoms with van der Waals surface area (Å²) in [6.07, 6.45) is -0.647. The summed E-state index contributed by atoms with van der Waals surface area (Å²) in [4.78, 5) is 0. The Morgan fingerprint density at radius 2 is 1.94 bits per heavy atom. The van der Waals surface area contributed by atoms with Crippen molar-refractivity contribution in [3.8, 4) is 0 Å². The Bertz CT molecular complexity index is 509. The summed E-state index contributed by atoms with van der Waals surface area (Å²) in [7, 11) is 0. The Morgan fingerprint density at radius 3 is 2.44 bits per heavy atom. The summed E-state index contributed by atoms with van der Waals surface area (Å²) in [5, 5.41) is 14.3. The highest BCUT2D eigenvalue weighted by Crippen LogP contribution is 2.33. The van der Waals surface area contributed by atoms with E-state index in [2.05, 4.69) is 0 Å². The SMILES string of the molecule is Cc1cscc1C(O)C(CN)c1ccc(F)cc1. The predicted molar refractivity (Wildman–Crippen MR) is 72.2 cm³/mol. The molecule has 0 radical (unpaired) electrons. The molecule has 0 saturated heterocycles. The van der Waals surface area contributed by atoms with Crippen LogP contribution in [0.2, 0.25) is 0 Å².